The Labute approximate surface area is 312 Å². The van der Waals surface area contributed by atoms with E-state index in [1.807, 2.05) is 109 Å². The number of carbonyl (C=O) groups is 1. The molecular formula is C45H38N2O5S. The van der Waals surface area contributed by atoms with Gasteiger partial charge in [0, 0.05) is 44.6 Å². The molecule has 0 unspecified atom stereocenters. The molecule has 0 aliphatic heterocycles. The third-order valence-electron chi connectivity index (χ3n) is 9.18. The summed E-state index contributed by atoms with van der Waals surface area (Å²) in [5.41, 5.74) is 10.9. The van der Waals surface area contributed by atoms with Crippen LogP contribution >= 0.6 is 11.3 Å². The molecule has 0 spiro atoms. The van der Waals surface area contributed by atoms with Gasteiger partial charge in [-0.25, -0.2) is 0 Å². The van der Waals surface area contributed by atoms with Gasteiger partial charge in [0.05, 0.1) is 31.8 Å². The molecule has 0 fully saturated rings. The number of hydrogen-bond acceptors (Lipinski definition) is 8. The number of ether oxygens (including phenoxy) is 1. The highest BCUT2D eigenvalue weighted by molar-refractivity contribution is 7.17. The van der Waals surface area contributed by atoms with Crippen LogP contribution in [0.3, 0.4) is 0 Å². The Kier molecular flexibility index (Phi) is 10.8. The predicted molar refractivity (Wildman–Crippen MR) is 214 cm³/mol. The van der Waals surface area contributed by atoms with E-state index >= 15 is 0 Å². The van der Waals surface area contributed by atoms with Gasteiger partial charge >= 0.3 is 0 Å². The van der Waals surface area contributed by atoms with Crippen LogP contribution in [-0.4, -0.2) is 28.7 Å². The fraction of sp³-hybridized carbons (Fsp3) is 0.0889. The van der Waals surface area contributed by atoms with E-state index in [1.54, 1.807) is 7.11 Å². The lowest BCUT2D eigenvalue weighted by molar-refractivity contribution is 0.112. The molecule has 0 amide bonds. The first kappa shape index (κ1) is 35.4. The number of anilines is 6. The van der Waals surface area contributed by atoms with Crippen LogP contribution in [-0.2, 0) is 19.8 Å². The van der Waals surface area contributed by atoms with Crippen molar-refractivity contribution in [2.24, 2.45) is 0 Å². The third-order valence-corrected chi connectivity index (χ3v) is 10.3. The third kappa shape index (κ3) is 7.62. The first-order valence-corrected chi connectivity index (χ1v) is 18.0. The lowest BCUT2D eigenvalue weighted by Gasteiger charge is -2.26. The van der Waals surface area contributed by atoms with Gasteiger partial charge in [-0.3, -0.25) is 4.79 Å². The Morgan fingerprint density at radius 1 is 0.509 bits per heavy atom. The minimum Gasteiger partial charge on any atom is -0.497 e. The Morgan fingerprint density at radius 3 is 1.19 bits per heavy atom. The van der Waals surface area contributed by atoms with E-state index in [-0.39, 0.29) is 19.8 Å². The zero-order valence-corrected chi connectivity index (χ0v) is 29.9. The molecule has 0 saturated carbocycles. The molecule has 3 N–H and O–H groups in total. The van der Waals surface area contributed by atoms with Crippen molar-refractivity contribution in [3.63, 3.8) is 0 Å². The van der Waals surface area contributed by atoms with Gasteiger partial charge in [0.15, 0.2) is 6.29 Å². The highest BCUT2D eigenvalue weighted by Crippen LogP contribution is 2.41. The summed E-state index contributed by atoms with van der Waals surface area (Å²) in [6.45, 7) is -0.0834. The number of nitrogens with zero attached hydrogens (tertiary/aromatic N) is 2. The molecule has 0 aliphatic carbocycles. The normalized spacial score (nSPS) is 10.9. The Bertz CT molecular complexity index is 2170. The van der Waals surface area contributed by atoms with Crippen molar-refractivity contribution in [1.82, 2.24) is 0 Å². The van der Waals surface area contributed by atoms with Gasteiger partial charge in [-0.15, -0.1) is 11.3 Å². The first-order valence-electron chi connectivity index (χ1n) is 17.2. The molecular weight excluding hydrogens is 681 g/mol. The summed E-state index contributed by atoms with van der Waals surface area (Å²) in [6, 6.07) is 49.7. The number of thiophene rings is 1. The van der Waals surface area contributed by atoms with Crippen molar-refractivity contribution in [1.29, 1.82) is 0 Å². The zero-order chi connectivity index (χ0) is 36.7. The predicted octanol–water partition coefficient (Wildman–Crippen LogP) is 10.3. The first-order chi connectivity index (χ1) is 26.0. The maximum atomic E-state index is 12.4. The molecule has 7 aromatic rings. The van der Waals surface area contributed by atoms with Gasteiger partial charge in [0.1, 0.15) is 5.75 Å². The van der Waals surface area contributed by atoms with Gasteiger partial charge < -0.3 is 29.9 Å². The highest BCUT2D eigenvalue weighted by Gasteiger charge is 2.17. The Balaban J connectivity index is 1.19. The zero-order valence-electron chi connectivity index (χ0n) is 29.1. The second-order valence-electron chi connectivity index (χ2n) is 12.4. The second kappa shape index (κ2) is 16.1. The lowest BCUT2D eigenvalue weighted by atomic mass is 10.0. The van der Waals surface area contributed by atoms with E-state index in [4.69, 9.17) is 4.74 Å². The number of aliphatic hydroxyl groups is 3. The van der Waals surface area contributed by atoms with Crippen molar-refractivity contribution >= 4 is 51.7 Å². The molecule has 7 nitrogen and oxygen atoms in total. The molecule has 7 rings (SSSR count). The maximum absolute atomic E-state index is 12.4. The number of hydrogen-bond donors (Lipinski definition) is 3. The van der Waals surface area contributed by atoms with Crippen LogP contribution in [0.2, 0.25) is 0 Å². The van der Waals surface area contributed by atoms with Gasteiger partial charge in [0.25, 0.3) is 0 Å². The lowest BCUT2D eigenvalue weighted by Crippen LogP contribution is -2.10. The fourth-order valence-electron chi connectivity index (χ4n) is 6.30. The smallest absolute Gasteiger partial charge is 0.160 e. The topological polar surface area (TPSA) is 93.5 Å². The summed E-state index contributed by atoms with van der Waals surface area (Å²) in [5.74, 6) is 0.767. The summed E-state index contributed by atoms with van der Waals surface area (Å²) in [5, 5.41) is 28.8. The van der Waals surface area contributed by atoms with Crippen LogP contribution in [0, 0.1) is 0 Å². The van der Waals surface area contributed by atoms with E-state index in [1.165, 1.54) is 11.3 Å². The van der Waals surface area contributed by atoms with Crippen LogP contribution in [0.25, 0.3) is 21.6 Å². The molecule has 264 valence electrons. The van der Waals surface area contributed by atoms with Gasteiger partial charge in [-0.2, -0.15) is 0 Å². The molecule has 0 aliphatic rings. The summed E-state index contributed by atoms with van der Waals surface area (Å²) < 4.78 is 5.39. The number of rotatable bonds is 13. The summed E-state index contributed by atoms with van der Waals surface area (Å²) in [4.78, 5) is 18.3. The van der Waals surface area contributed by atoms with E-state index in [0.717, 1.165) is 84.4 Å². The minimum absolute atomic E-state index is 0.0250. The quantitative estimate of drug-likeness (QED) is 0.102. The number of benzene rings is 6. The molecule has 0 saturated heterocycles. The van der Waals surface area contributed by atoms with Gasteiger partial charge in [0.2, 0.25) is 0 Å². The molecule has 1 aromatic heterocycles. The monoisotopic (exact) mass is 718 g/mol. The van der Waals surface area contributed by atoms with E-state index in [0.29, 0.717) is 4.88 Å². The number of methoxy groups -OCH3 is 1. The van der Waals surface area contributed by atoms with Crippen LogP contribution in [0.4, 0.5) is 34.1 Å². The molecule has 1 heterocycles. The van der Waals surface area contributed by atoms with Crippen LogP contribution < -0.4 is 14.5 Å². The van der Waals surface area contributed by atoms with Gasteiger partial charge in [-0.05, 0) is 119 Å². The minimum atomic E-state index is -0.0292. The van der Waals surface area contributed by atoms with Crippen LogP contribution in [0.5, 0.6) is 5.75 Å². The largest absolute Gasteiger partial charge is 0.497 e. The molecule has 6 aromatic carbocycles. The average Bonchev–Trinajstić information content (AvgIpc) is 3.67. The summed E-state index contributed by atoms with van der Waals surface area (Å²) >= 11 is 1.46. The van der Waals surface area contributed by atoms with Crippen molar-refractivity contribution in [3.8, 4) is 27.3 Å². The molecule has 0 bridgehead atoms. The van der Waals surface area contributed by atoms with E-state index in [9.17, 15) is 20.1 Å². The SMILES string of the molecule is COc1ccc(N(c2ccc(CO)cc2)c2ccc(-c3cc(-c4ccc(N(c5ccc(CO)cc5)c5ccc(CO)cc5)cc4)sc3C=O)cc2)cc1. The number of aliphatic hydroxyl groups excluding tert-OH is 3. The maximum Gasteiger partial charge on any atom is 0.160 e. The van der Waals surface area contributed by atoms with Crippen LogP contribution in [0.15, 0.2) is 152 Å². The number of aldehydes is 1. The van der Waals surface area contributed by atoms with Crippen LogP contribution in [0.1, 0.15) is 26.4 Å². The van der Waals surface area contributed by atoms with Crippen molar-refractivity contribution < 1.29 is 24.9 Å². The average molecular weight is 719 g/mol. The standard InChI is InChI=1S/C45H38N2O5S/c1-52-42-24-22-41(23-25-42)47(38-16-6-33(29-50)7-17-38)39-18-8-34(9-19-39)43-26-44(53-45(43)30-51)35-10-20-40(21-11-35)46(36-12-2-31(27-48)3-13-36)37-14-4-32(28-49)5-15-37/h2-26,30,48-50H,27-29H2,1H3. The number of carbonyl (C=O) groups excluding carboxylic acids is 1. The molecule has 0 radical (unpaired) electrons. The van der Waals surface area contributed by atoms with Crippen molar-refractivity contribution in [2.75, 3.05) is 16.9 Å². The van der Waals surface area contributed by atoms with E-state index < -0.39 is 0 Å². The van der Waals surface area contributed by atoms with Crippen molar-refractivity contribution in [2.45, 2.75) is 19.8 Å². The molecule has 0 atom stereocenters. The molecule has 8 heteroatoms. The fourth-order valence-corrected chi connectivity index (χ4v) is 7.30. The summed E-state index contributed by atoms with van der Waals surface area (Å²) in [7, 11) is 1.65. The summed E-state index contributed by atoms with van der Waals surface area (Å²) in [6.07, 6.45) is 0.923. The van der Waals surface area contributed by atoms with Crippen molar-refractivity contribution in [3.05, 3.63) is 173 Å². The second-order valence-corrected chi connectivity index (χ2v) is 13.5. The highest BCUT2D eigenvalue weighted by atomic mass is 32.1. The Hall–Kier alpha value is -6.03. The molecule has 53 heavy (non-hydrogen) atoms. The van der Waals surface area contributed by atoms with Gasteiger partial charge in [-0.1, -0.05) is 60.7 Å². The Morgan fingerprint density at radius 2 is 0.849 bits per heavy atom. The van der Waals surface area contributed by atoms with E-state index in [2.05, 4.69) is 52.3 Å².